The molecule has 0 aliphatic rings. The van der Waals surface area contributed by atoms with E-state index < -0.39 is 131 Å². The minimum atomic E-state index is -1.11. The second-order valence-corrected chi connectivity index (χ2v) is 15.0. The molecule has 0 aromatic heterocycles. The van der Waals surface area contributed by atoms with Gasteiger partial charge < -0.3 is 71.5 Å². The molecule has 0 aliphatic carbocycles. The maximum Gasteiger partial charge on any atom is 0.316 e. The Hall–Kier alpha value is -1.40. The van der Waals surface area contributed by atoms with Gasteiger partial charge in [-0.1, -0.05) is 0 Å². The van der Waals surface area contributed by atoms with Crippen LogP contribution in [-0.4, -0.2) is 192 Å². The van der Waals surface area contributed by atoms with Gasteiger partial charge in [-0.25, -0.2) is 0 Å². The van der Waals surface area contributed by atoms with E-state index >= 15 is 0 Å². The van der Waals surface area contributed by atoms with Crippen LogP contribution in [0.15, 0.2) is 0 Å². The summed E-state index contributed by atoms with van der Waals surface area (Å²) < 4.78 is 0. The maximum atomic E-state index is 9.62. The fourth-order valence-electron chi connectivity index (χ4n) is 0.600. The lowest BCUT2D eigenvalue weighted by atomic mass is 9.93. The van der Waals surface area contributed by atoms with Crippen molar-refractivity contribution in [2.45, 2.75) is 73.0 Å². The zero-order chi connectivity index (χ0) is 45.6. The van der Waals surface area contributed by atoms with Gasteiger partial charge in [0.2, 0.25) is 0 Å². The first-order valence-electron chi connectivity index (χ1n) is 14.7. The van der Waals surface area contributed by atoms with Gasteiger partial charge in [0, 0.05) is 0 Å². The summed E-state index contributed by atoms with van der Waals surface area (Å²) in [6.07, 6.45) is 0. The minimum absolute atomic E-state index is 0.406. The van der Waals surface area contributed by atoms with E-state index in [0.717, 1.165) is 0 Å². The van der Waals surface area contributed by atoms with Crippen molar-refractivity contribution in [3.8, 4) is 0 Å². The molecule has 0 saturated heterocycles. The van der Waals surface area contributed by atoms with Crippen LogP contribution in [0.1, 0.15) is 41.5 Å². The first-order chi connectivity index (χ1) is 24.3. The Bertz CT molecular complexity index is 751. The zero-order valence-corrected chi connectivity index (χ0v) is 35.9. The molecule has 0 aromatic carbocycles. The predicted molar refractivity (Wildman–Crippen MR) is 218 cm³/mol. The fourth-order valence-corrected chi connectivity index (χ4v) is 0.600. The van der Waals surface area contributed by atoms with E-state index in [1.165, 1.54) is 41.5 Å². The van der Waals surface area contributed by atoms with Gasteiger partial charge >= 0.3 is 35.8 Å². The average molecular weight is 909 g/mol. The normalized spacial score (nSPS) is 13.1. The van der Waals surface area contributed by atoms with Gasteiger partial charge in [0.25, 0.3) is 0 Å². The molecule has 26 heteroatoms. The van der Waals surface area contributed by atoms with Crippen molar-refractivity contribution in [1.82, 2.24) is 0 Å². The van der Waals surface area contributed by atoms with Crippen LogP contribution >= 0.6 is 75.8 Å². The number of carbonyl (C=O) groups is 6. The van der Waals surface area contributed by atoms with E-state index in [4.69, 9.17) is 71.5 Å². The molecule has 6 unspecified atom stereocenters. The second-order valence-electron chi connectivity index (χ2n) is 10.4. The van der Waals surface area contributed by atoms with Crippen molar-refractivity contribution in [2.24, 2.45) is 10.8 Å². The highest BCUT2D eigenvalue weighted by atomic mass is 32.1. The summed E-state index contributed by atoms with van der Waals surface area (Å²) in [6, 6.07) is 0. The van der Waals surface area contributed by atoms with Crippen LogP contribution in [0.2, 0.25) is 0 Å². The molecule has 0 saturated carbocycles. The van der Waals surface area contributed by atoms with Gasteiger partial charge in [0.1, 0.15) is 0 Å². The molecule has 54 heavy (non-hydrogen) atoms. The molecule has 0 spiro atoms. The minimum Gasteiger partial charge on any atom is -0.480 e. The SMILES string of the molecule is CC(S)C(=O)O.CC(S)C(=O)O.CC(S)C(=O)O.CC(S)C(=O)O.CC(S)C(=O)O.CC(S)C(=O)O.OCC(CO)(CO)CO.OCC(CO)(CO)CO. The molecule has 20 nitrogen and oxygen atoms in total. The number of carboxylic acids is 6. The topological polar surface area (TPSA) is 386 Å². The second kappa shape index (κ2) is 44.3. The third kappa shape index (κ3) is 57.3. The van der Waals surface area contributed by atoms with Crippen molar-refractivity contribution >= 4 is 112 Å². The van der Waals surface area contributed by atoms with Gasteiger partial charge in [-0.3, -0.25) is 28.8 Å². The summed E-state index contributed by atoms with van der Waals surface area (Å²) in [5, 5.41) is 112. The summed E-state index contributed by atoms with van der Waals surface area (Å²) in [4.78, 5) is 57.7. The van der Waals surface area contributed by atoms with Crippen LogP contribution in [0.3, 0.4) is 0 Å². The van der Waals surface area contributed by atoms with E-state index in [2.05, 4.69) is 75.8 Å². The Morgan fingerprint density at radius 3 is 0.370 bits per heavy atom. The maximum absolute atomic E-state index is 9.62. The number of carboxylic acid groups (broad SMARTS) is 6. The quantitative estimate of drug-likeness (QED) is 0.0857. The Morgan fingerprint density at radius 1 is 0.315 bits per heavy atom. The van der Waals surface area contributed by atoms with Crippen molar-refractivity contribution < 1.29 is 100 Å². The molecule has 328 valence electrons. The Balaban J connectivity index is -0.0000000752. The number of thiol groups is 6. The molecular formula is C28H60O20S6. The van der Waals surface area contributed by atoms with E-state index in [1.807, 2.05) is 0 Å². The number of aliphatic hydroxyl groups excluding tert-OH is 8. The van der Waals surface area contributed by atoms with Crippen LogP contribution in [0.25, 0.3) is 0 Å². The highest BCUT2D eigenvalue weighted by Crippen LogP contribution is 2.12. The predicted octanol–water partition coefficient (Wildman–Crippen LogP) is -1.78. The van der Waals surface area contributed by atoms with Gasteiger partial charge in [-0.2, -0.15) is 75.8 Å². The van der Waals surface area contributed by atoms with Crippen LogP contribution < -0.4 is 0 Å². The molecule has 0 aromatic rings. The molecule has 0 aliphatic heterocycles. The third-order valence-electron chi connectivity index (χ3n) is 4.83. The average Bonchev–Trinajstić information content (AvgIpc) is 3.09. The molecule has 0 amide bonds. The van der Waals surface area contributed by atoms with Crippen LogP contribution in [-0.2, 0) is 28.8 Å². The Kier molecular flexibility index (Phi) is 57.8. The fraction of sp³-hybridized carbons (Fsp3) is 0.786. The number of hydrogen-bond donors (Lipinski definition) is 20. The van der Waals surface area contributed by atoms with E-state index in [9.17, 15) is 28.8 Å². The zero-order valence-electron chi connectivity index (χ0n) is 30.5. The smallest absolute Gasteiger partial charge is 0.316 e. The third-order valence-corrected chi connectivity index (χ3v) is 6.15. The number of hydrogen-bond acceptors (Lipinski definition) is 20. The molecule has 0 radical (unpaired) electrons. The van der Waals surface area contributed by atoms with Gasteiger partial charge in [-0.05, 0) is 41.5 Å². The van der Waals surface area contributed by atoms with E-state index in [0.29, 0.717) is 0 Å². The summed E-state index contributed by atoms with van der Waals surface area (Å²) in [5.74, 6) is -5.26. The molecule has 6 atom stereocenters. The van der Waals surface area contributed by atoms with Crippen molar-refractivity contribution in [2.75, 3.05) is 52.9 Å². The summed E-state index contributed by atoms with van der Waals surface area (Å²) >= 11 is 21.6. The van der Waals surface area contributed by atoms with Crippen LogP contribution in [0, 0.1) is 10.8 Å². The first-order valence-corrected chi connectivity index (χ1v) is 17.8. The molecule has 0 bridgehead atoms. The molecule has 0 fully saturated rings. The Morgan fingerprint density at radius 2 is 0.370 bits per heavy atom. The number of rotatable bonds is 14. The van der Waals surface area contributed by atoms with Gasteiger partial charge in [0.05, 0.1) is 95.2 Å². The van der Waals surface area contributed by atoms with Crippen molar-refractivity contribution in [3.63, 3.8) is 0 Å². The summed E-state index contributed by atoms with van der Waals surface area (Å²) in [5.41, 5.74) is -2.22. The lowest BCUT2D eigenvalue weighted by Gasteiger charge is -2.23. The molecular weight excluding hydrogens is 849 g/mol. The van der Waals surface area contributed by atoms with Gasteiger partial charge in [0.15, 0.2) is 0 Å². The first kappa shape index (κ1) is 70.4. The summed E-state index contributed by atoms with van der Waals surface area (Å²) in [7, 11) is 0. The lowest BCUT2D eigenvalue weighted by Crippen LogP contribution is -2.37. The van der Waals surface area contributed by atoms with Crippen molar-refractivity contribution in [1.29, 1.82) is 0 Å². The number of aliphatic carboxylic acids is 6. The standard InChI is InChI=1S/2C5H12O4.6C3H6O2S/c2*6-1-5(2-7,3-8)4-9;6*1-2(6)3(4)5/h2*6-9H,1-4H2;6*2,6H,1H3,(H,4,5). The lowest BCUT2D eigenvalue weighted by molar-refractivity contribution is -0.137. The number of aliphatic hydroxyl groups is 8. The van der Waals surface area contributed by atoms with Crippen molar-refractivity contribution in [3.05, 3.63) is 0 Å². The highest BCUT2D eigenvalue weighted by molar-refractivity contribution is 7.82. The van der Waals surface area contributed by atoms with Crippen LogP contribution in [0.5, 0.6) is 0 Å². The van der Waals surface area contributed by atoms with E-state index in [1.54, 1.807) is 0 Å². The molecule has 0 heterocycles. The monoisotopic (exact) mass is 908 g/mol. The van der Waals surface area contributed by atoms with E-state index in [-0.39, 0.29) is 0 Å². The largest absolute Gasteiger partial charge is 0.480 e. The highest BCUT2D eigenvalue weighted by Gasteiger charge is 2.27. The molecule has 14 N–H and O–H groups in total. The molecule has 0 rings (SSSR count). The Labute approximate surface area is 347 Å². The van der Waals surface area contributed by atoms with Gasteiger partial charge in [-0.15, -0.1) is 0 Å². The summed E-state index contributed by atoms with van der Waals surface area (Å²) in [6.45, 7) is 5.78. The van der Waals surface area contributed by atoms with Crippen LogP contribution in [0.4, 0.5) is 0 Å².